The van der Waals surface area contributed by atoms with E-state index in [0.717, 1.165) is 11.1 Å². The van der Waals surface area contributed by atoms with Gasteiger partial charge in [-0.15, -0.1) is 0 Å². The molecule has 2 rings (SSSR count). The highest BCUT2D eigenvalue weighted by molar-refractivity contribution is 5.70. The molecule has 2 aromatic carbocycles. The number of benzene rings is 2. The Labute approximate surface area is 118 Å². The lowest BCUT2D eigenvalue weighted by molar-refractivity contribution is -0.384. The van der Waals surface area contributed by atoms with E-state index in [1.165, 1.54) is 11.6 Å². The third-order valence-electron chi connectivity index (χ3n) is 3.15. The van der Waals surface area contributed by atoms with Gasteiger partial charge in [0.2, 0.25) is 0 Å². The largest absolute Gasteiger partial charge is 0.270 e. The highest BCUT2D eigenvalue weighted by Gasteiger charge is 2.03. The van der Waals surface area contributed by atoms with Crippen LogP contribution < -0.4 is 0 Å². The zero-order valence-electron chi connectivity index (χ0n) is 11.6. The number of rotatable bonds is 4. The quantitative estimate of drug-likeness (QED) is 0.449. The molecule has 102 valence electrons. The molecule has 0 saturated heterocycles. The maximum atomic E-state index is 10.7. The molecule has 0 saturated carbocycles. The molecule has 0 bridgehead atoms. The van der Waals surface area contributed by atoms with E-state index in [-0.39, 0.29) is 10.6 Å². The first-order valence-corrected chi connectivity index (χ1v) is 6.59. The Morgan fingerprint density at radius 3 is 2.25 bits per heavy atom. The Bertz CT molecular complexity index is 628. The second kappa shape index (κ2) is 6.15. The standard InChI is InChI=1S/C17H17NO2/c1-13(2)16-10-8-14(9-11-16)6-7-15-4-3-5-17(12-15)18(19)20/h3-13H,1-2H3/b7-6+. The highest BCUT2D eigenvalue weighted by Crippen LogP contribution is 2.18. The summed E-state index contributed by atoms with van der Waals surface area (Å²) in [6.45, 7) is 4.32. The number of non-ortho nitro benzene ring substituents is 1. The number of nitrogens with zero attached hydrogens (tertiary/aromatic N) is 1. The summed E-state index contributed by atoms with van der Waals surface area (Å²) < 4.78 is 0. The molecule has 0 aromatic heterocycles. The van der Waals surface area contributed by atoms with E-state index in [1.54, 1.807) is 12.1 Å². The number of hydrogen-bond donors (Lipinski definition) is 0. The molecule has 0 unspecified atom stereocenters. The summed E-state index contributed by atoms with van der Waals surface area (Å²) in [6, 6.07) is 14.9. The average molecular weight is 267 g/mol. The lowest BCUT2D eigenvalue weighted by Crippen LogP contribution is -1.87. The van der Waals surface area contributed by atoms with Gasteiger partial charge in [-0.25, -0.2) is 0 Å². The van der Waals surface area contributed by atoms with Gasteiger partial charge in [0.15, 0.2) is 0 Å². The Balaban J connectivity index is 2.16. The second-order valence-electron chi connectivity index (χ2n) is 5.01. The van der Waals surface area contributed by atoms with Crippen LogP contribution in [0.25, 0.3) is 12.2 Å². The van der Waals surface area contributed by atoms with E-state index in [9.17, 15) is 10.1 Å². The van der Waals surface area contributed by atoms with Gasteiger partial charge in [-0.2, -0.15) is 0 Å². The zero-order chi connectivity index (χ0) is 14.5. The van der Waals surface area contributed by atoms with Crippen molar-refractivity contribution < 1.29 is 4.92 Å². The smallest absolute Gasteiger partial charge is 0.258 e. The van der Waals surface area contributed by atoms with Crippen molar-refractivity contribution in [3.8, 4) is 0 Å². The van der Waals surface area contributed by atoms with Gasteiger partial charge < -0.3 is 0 Å². The maximum Gasteiger partial charge on any atom is 0.270 e. The van der Waals surface area contributed by atoms with E-state index in [4.69, 9.17) is 0 Å². The van der Waals surface area contributed by atoms with Crippen molar-refractivity contribution in [1.29, 1.82) is 0 Å². The van der Waals surface area contributed by atoms with E-state index in [1.807, 2.05) is 18.2 Å². The van der Waals surface area contributed by atoms with Crippen LogP contribution in [0.5, 0.6) is 0 Å². The fourth-order valence-electron chi connectivity index (χ4n) is 1.93. The summed E-state index contributed by atoms with van der Waals surface area (Å²) in [5.74, 6) is 0.518. The van der Waals surface area contributed by atoms with E-state index < -0.39 is 0 Å². The summed E-state index contributed by atoms with van der Waals surface area (Å²) in [5.41, 5.74) is 3.33. The van der Waals surface area contributed by atoms with Crippen molar-refractivity contribution in [2.24, 2.45) is 0 Å². The normalized spacial score (nSPS) is 11.2. The molecule has 0 spiro atoms. The predicted octanol–water partition coefficient (Wildman–Crippen LogP) is 4.89. The molecule has 3 heteroatoms. The summed E-state index contributed by atoms with van der Waals surface area (Å²) >= 11 is 0. The van der Waals surface area contributed by atoms with Gasteiger partial charge in [0.25, 0.3) is 5.69 Å². The lowest BCUT2D eigenvalue weighted by Gasteiger charge is -2.04. The molecule has 0 radical (unpaired) electrons. The van der Waals surface area contributed by atoms with Crippen LogP contribution in [-0.4, -0.2) is 4.92 Å². The Kier molecular flexibility index (Phi) is 4.31. The van der Waals surface area contributed by atoms with Gasteiger partial charge in [-0.3, -0.25) is 10.1 Å². The van der Waals surface area contributed by atoms with Gasteiger partial charge in [0.1, 0.15) is 0 Å². The summed E-state index contributed by atoms with van der Waals surface area (Å²) in [7, 11) is 0. The number of hydrogen-bond acceptors (Lipinski definition) is 2. The highest BCUT2D eigenvalue weighted by atomic mass is 16.6. The first kappa shape index (κ1) is 14.0. The van der Waals surface area contributed by atoms with Crippen LogP contribution in [-0.2, 0) is 0 Å². The minimum atomic E-state index is -0.380. The van der Waals surface area contributed by atoms with Gasteiger partial charge >= 0.3 is 0 Å². The summed E-state index contributed by atoms with van der Waals surface area (Å²) in [6.07, 6.45) is 3.85. The monoisotopic (exact) mass is 267 g/mol. The van der Waals surface area contributed by atoms with Gasteiger partial charge in [0, 0.05) is 12.1 Å². The van der Waals surface area contributed by atoms with Crippen LogP contribution in [0, 0.1) is 10.1 Å². The third-order valence-corrected chi connectivity index (χ3v) is 3.15. The van der Waals surface area contributed by atoms with E-state index in [2.05, 4.69) is 38.1 Å². The molecular weight excluding hydrogens is 250 g/mol. The molecule has 20 heavy (non-hydrogen) atoms. The first-order valence-electron chi connectivity index (χ1n) is 6.59. The molecule has 0 atom stereocenters. The van der Waals surface area contributed by atoms with Crippen molar-refractivity contribution in [3.05, 3.63) is 75.3 Å². The summed E-state index contributed by atoms with van der Waals surface area (Å²) in [5, 5.41) is 10.7. The second-order valence-corrected chi connectivity index (χ2v) is 5.01. The molecule has 0 aliphatic carbocycles. The molecule has 0 aliphatic heterocycles. The molecule has 0 amide bonds. The van der Waals surface area contributed by atoms with Gasteiger partial charge in [-0.1, -0.05) is 62.4 Å². The van der Waals surface area contributed by atoms with Crippen molar-refractivity contribution in [2.75, 3.05) is 0 Å². The fraction of sp³-hybridized carbons (Fsp3) is 0.176. The third kappa shape index (κ3) is 3.54. The topological polar surface area (TPSA) is 43.1 Å². The fourth-order valence-corrected chi connectivity index (χ4v) is 1.93. The van der Waals surface area contributed by atoms with Crippen LogP contribution in [0.2, 0.25) is 0 Å². The van der Waals surface area contributed by atoms with Crippen LogP contribution in [0.4, 0.5) is 5.69 Å². The molecule has 3 nitrogen and oxygen atoms in total. The average Bonchev–Trinajstić information content (AvgIpc) is 2.46. The molecule has 2 aromatic rings. The molecule has 0 fully saturated rings. The molecular formula is C17H17NO2. The predicted molar refractivity (Wildman–Crippen MR) is 82.6 cm³/mol. The minimum Gasteiger partial charge on any atom is -0.258 e. The van der Waals surface area contributed by atoms with E-state index >= 15 is 0 Å². The van der Waals surface area contributed by atoms with Gasteiger partial charge in [0.05, 0.1) is 4.92 Å². The molecule has 0 heterocycles. The van der Waals surface area contributed by atoms with Crippen LogP contribution in [0.3, 0.4) is 0 Å². The summed E-state index contributed by atoms with van der Waals surface area (Å²) in [4.78, 5) is 10.3. The SMILES string of the molecule is CC(C)c1ccc(/C=C/c2cccc([N+](=O)[O-])c2)cc1. The number of nitro benzene ring substituents is 1. The Morgan fingerprint density at radius 2 is 1.65 bits per heavy atom. The first-order chi connectivity index (χ1) is 9.56. The van der Waals surface area contributed by atoms with Crippen molar-refractivity contribution >= 4 is 17.8 Å². The lowest BCUT2D eigenvalue weighted by atomic mass is 10.0. The molecule has 0 N–H and O–H groups in total. The van der Waals surface area contributed by atoms with E-state index in [0.29, 0.717) is 5.92 Å². The van der Waals surface area contributed by atoms with Crippen molar-refractivity contribution in [1.82, 2.24) is 0 Å². The Morgan fingerprint density at radius 1 is 1.00 bits per heavy atom. The van der Waals surface area contributed by atoms with Crippen molar-refractivity contribution in [2.45, 2.75) is 19.8 Å². The Hall–Kier alpha value is -2.42. The van der Waals surface area contributed by atoms with Crippen LogP contribution in [0.1, 0.15) is 36.5 Å². The molecule has 0 aliphatic rings. The van der Waals surface area contributed by atoms with Crippen LogP contribution in [0.15, 0.2) is 48.5 Å². The minimum absolute atomic E-state index is 0.113. The number of nitro groups is 1. The van der Waals surface area contributed by atoms with Gasteiger partial charge in [-0.05, 0) is 22.6 Å². The maximum absolute atomic E-state index is 10.7. The van der Waals surface area contributed by atoms with Crippen LogP contribution >= 0.6 is 0 Å². The van der Waals surface area contributed by atoms with Crippen molar-refractivity contribution in [3.63, 3.8) is 0 Å². The zero-order valence-corrected chi connectivity index (χ0v) is 11.6.